The highest BCUT2D eigenvalue weighted by Crippen LogP contribution is 2.40. The van der Waals surface area contributed by atoms with Crippen LogP contribution in [0.4, 0.5) is 10.7 Å². The second-order valence-corrected chi connectivity index (χ2v) is 6.25. The maximum absolute atomic E-state index is 11.1. The van der Waals surface area contributed by atoms with Gasteiger partial charge in [-0.1, -0.05) is 23.7 Å². The lowest BCUT2D eigenvalue weighted by Gasteiger charge is -2.16. The second-order valence-electron chi connectivity index (χ2n) is 4.75. The summed E-state index contributed by atoms with van der Waals surface area (Å²) in [6.45, 7) is 2.12. The standard InChI is InChI=1S/C14H15ClN2O3S/c1-9(18)13-7-12(17(19)20)14(21-13)16(2)8-10-3-5-11(15)6-4-10/h3-7,9,18H,8H2,1-2H3. The summed E-state index contributed by atoms with van der Waals surface area (Å²) in [4.78, 5) is 13.1. The molecule has 1 atom stereocenters. The van der Waals surface area contributed by atoms with Crippen LogP contribution in [0.15, 0.2) is 30.3 Å². The Bertz CT molecular complexity index is 640. The minimum Gasteiger partial charge on any atom is -0.388 e. The molecule has 2 aromatic rings. The molecule has 1 unspecified atom stereocenters. The molecule has 0 bridgehead atoms. The molecule has 1 heterocycles. The van der Waals surface area contributed by atoms with E-state index in [1.807, 2.05) is 12.1 Å². The average molecular weight is 327 g/mol. The highest BCUT2D eigenvalue weighted by molar-refractivity contribution is 7.16. The first-order valence-electron chi connectivity index (χ1n) is 6.30. The largest absolute Gasteiger partial charge is 0.388 e. The number of aliphatic hydroxyl groups excluding tert-OH is 1. The van der Waals surface area contributed by atoms with Gasteiger partial charge in [-0.05, 0) is 24.6 Å². The van der Waals surface area contributed by atoms with Gasteiger partial charge in [-0.25, -0.2) is 0 Å². The first kappa shape index (κ1) is 15.8. The number of halogens is 1. The van der Waals surface area contributed by atoms with E-state index in [9.17, 15) is 15.2 Å². The third kappa shape index (κ3) is 3.72. The average Bonchev–Trinajstić information content (AvgIpc) is 2.87. The summed E-state index contributed by atoms with van der Waals surface area (Å²) in [7, 11) is 1.79. The summed E-state index contributed by atoms with van der Waals surface area (Å²) in [6, 6.07) is 8.77. The van der Waals surface area contributed by atoms with E-state index in [0.29, 0.717) is 21.4 Å². The van der Waals surface area contributed by atoms with Gasteiger partial charge in [-0.2, -0.15) is 0 Å². The zero-order valence-corrected chi connectivity index (χ0v) is 13.2. The van der Waals surface area contributed by atoms with Crippen LogP contribution >= 0.6 is 22.9 Å². The quantitative estimate of drug-likeness (QED) is 0.666. The van der Waals surface area contributed by atoms with E-state index >= 15 is 0 Å². The Morgan fingerprint density at radius 1 is 1.43 bits per heavy atom. The van der Waals surface area contributed by atoms with Gasteiger partial charge in [0.1, 0.15) is 0 Å². The van der Waals surface area contributed by atoms with E-state index < -0.39 is 11.0 Å². The van der Waals surface area contributed by atoms with E-state index in [1.54, 1.807) is 31.0 Å². The number of nitro groups is 1. The smallest absolute Gasteiger partial charge is 0.304 e. The molecule has 0 radical (unpaired) electrons. The molecule has 1 aromatic heterocycles. The molecule has 0 fully saturated rings. The fourth-order valence-corrected chi connectivity index (χ4v) is 3.08. The predicted octanol–water partition coefficient (Wildman–Crippen LogP) is 4.00. The molecule has 0 amide bonds. The normalized spacial score (nSPS) is 12.2. The van der Waals surface area contributed by atoms with Crippen LogP contribution in [0.3, 0.4) is 0 Å². The van der Waals surface area contributed by atoms with Crippen LogP contribution in [-0.4, -0.2) is 17.1 Å². The third-order valence-electron chi connectivity index (χ3n) is 3.00. The lowest BCUT2D eigenvalue weighted by Crippen LogP contribution is -2.16. The lowest BCUT2D eigenvalue weighted by atomic mass is 10.2. The molecule has 1 N–H and O–H groups in total. The number of benzene rings is 1. The number of hydrogen-bond acceptors (Lipinski definition) is 5. The Morgan fingerprint density at radius 2 is 2.05 bits per heavy atom. The Morgan fingerprint density at radius 3 is 2.57 bits per heavy atom. The van der Waals surface area contributed by atoms with Crippen molar-refractivity contribution in [2.45, 2.75) is 19.6 Å². The van der Waals surface area contributed by atoms with Crippen LogP contribution in [0.25, 0.3) is 0 Å². The molecular weight excluding hydrogens is 312 g/mol. The number of rotatable bonds is 5. The van der Waals surface area contributed by atoms with Gasteiger partial charge in [0.15, 0.2) is 5.00 Å². The number of hydrogen-bond donors (Lipinski definition) is 1. The molecule has 112 valence electrons. The Labute approximate surface area is 131 Å². The van der Waals surface area contributed by atoms with Crippen molar-refractivity contribution in [3.05, 3.63) is 55.9 Å². The first-order chi connectivity index (χ1) is 9.88. The minimum absolute atomic E-state index is 0.0207. The Balaban J connectivity index is 2.27. The number of aliphatic hydroxyl groups is 1. The van der Waals surface area contributed by atoms with E-state index in [4.69, 9.17) is 11.6 Å². The summed E-state index contributed by atoms with van der Waals surface area (Å²) in [5.41, 5.74) is 1.02. The fraction of sp³-hybridized carbons (Fsp3) is 0.286. The van der Waals surface area contributed by atoms with Crippen LogP contribution in [0.1, 0.15) is 23.5 Å². The summed E-state index contributed by atoms with van der Waals surface area (Å²) < 4.78 is 0. The predicted molar refractivity (Wildman–Crippen MR) is 85.2 cm³/mol. The van der Waals surface area contributed by atoms with Gasteiger partial charge in [0, 0.05) is 29.6 Å². The van der Waals surface area contributed by atoms with Crippen LogP contribution in [0.2, 0.25) is 5.02 Å². The molecule has 0 aliphatic carbocycles. The maximum atomic E-state index is 11.1. The summed E-state index contributed by atoms with van der Waals surface area (Å²) in [5, 5.41) is 21.9. The molecule has 0 aliphatic heterocycles. The van der Waals surface area contributed by atoms with Gasteiger partial charge < -0.3 is 10.0 Å². The van der Waals surface area contributed by atoms with E-state index in [1.165, 1.54) is 17.4 Å². The van der Waals surface area contributed by atoms with Gasteiger partial charge in [0.2, 0.25) is 0 Å². The topological polar surface area (TPSA) is 66.6 Å². The number of nitrogens with zero attached hydrogens (tertiary/aromatic N) is 2. The molecule has 2 rings (SSSR count). The van der Waals surface area contributed by atoms with Gasteiger partial charge in [0.25, 0.3) is 0 Å². The van der Waals surface area contributed by atoms with Gasteiger partial charge in [0.05, 0.1) is 11.0 Å². The van der Waals surface area contributed by atoms with E-state index in [-0.39, 0.29) is 5.69 Å². The second kappa shape index (κ2) is 6.43. The highest BCUT2D eigenvalue weighted by atomic mass is 35.5. The van der Waals surface area contributed by atoms with Crippen molar-refractivity contribution in [2.24, 2.45) is 0 Å². The number of thiophene rings is 1. The SMILES string of the molecule is CC(O)c1cc([N+](=O)[O-])c(N(C)Cc2ccc(Cl)cc2)s1. The van der Waals surface area contributed by atoms with Crippen LogP contribution in [-0.2, 0) is 6.54 Å². The minimum atomic E-state index is -0.716. The zero-order valence-electron chi connectivity index (χ0n) is 11.6. The first-order valence-corrected chi connectivity index (χ1v) is 7.49. The molecular formula is C14H15ClN2O3S. The Hall–Kier alpha value is -1.63. The molecule has 0 aliphatic rings. The van der Waals surface area contributed by atoms with Crippen molar-refractivity contribution in [3.63, 3.8) is 0 Å². The Kier molecular flexibility index (Phi) is 4.82. The molecule has 0 spiro atoms. The van der Waals surface area contributed by atoms with Crippen molar-refractivity contribution in [1.29, 1.82) is 0 Å². The van der Waals surface area contributed by atoms with Gasteiger partial charge in [-0.3, -0.25) is 10.1 Å². The van der Waals surface area contributed by atoms with Crippen LogP contribution < -0.4 is 4.90 Å². The third-order valence-corrected chi connectivity index (χ3v) is 4.66. The van der Waals surface area contributed by atoms with E-state index in [2.05, 4.69) is 0 Å². The van der Waals surface area contributed by atoms with E-state index in [0.717, 1.165) is 5.56 Å². The number of anilines is 1. The molecule has 1 aromatic carbocycles. The van der Waals surface area contributed by atoms with Crippen molar-refractivity contribution in [2.75, 3.05) is 11.9 Å². The fourth-order valence-electron chi connectivity index (χ4n) is 1.94. The molecule has 0 saturated heterocycles. The van der Waals surface area contributed by atoms with Gasteiger partial charge >= 0.3 is 5.69 Å². The monoisotopic (exact) mass is 326 g/mol. The maximum Gasteiger partial charge on any atom is 0.304 e. The van der Waals surface area contributed by atoms with Crippen molar-refractivity contribution < 1.29 is 10.0 Å². The van der Waals surface area contributed by atoms with Crippen molar-refractivity contribution in [1.82, 2.24) is 0 Å². The van der Waals surface area contributed by atoms with Crippen LogP contribution in [0.5, 0.6) is 0 Å². The molecule has 7 heteroatoms. The molecule has 21 heavy (non-hydrogen) atoms. The summed E-state index contributed by atoms with van der Waals surface area (Å²) in [6.07, 6.45) is -0.716. The zero-order chi connectivity index (χ0) is 15.6. The summed E-state index contributed by atoms with van der Waals surface area (Å²) in [5.74, 6) is 0. The molecule has 0 saturated carbocycles. The highest BCUT2D eigenvalue weighted by Gasteiger charge is 2.23. The van der Waals surface area contributed by atoms with Crippen molar-refractivity contribution in [3.8, 4) is 0 Å². The van der Waals surface area contributed by atoms with Crippen LogP contribution in [0, 0.1) is 10.1 Å². The molecule has 5 nitrogen and oxygen atoms in total. The van der Waals surface area contributed by atoms with Gasteiger partial charge in [-0.15, -0.1) is 11.3 Å². The summed E-state index contributed by atoms with van der Waals surface area (Å²) >= 11 is 7.08. The van der Waals surface area contributed by atoms with Crippen molar-refractivity contribution >= 4 is 33.6 Å². The lowest BCUT2D eigenvalue weighted by molar-refractivity contribution is -0.383.